The lowest BCUT2D eigenvalue weighted by atomic mass is 10.1. The fraction of sp³-hybridized carbons (Fsp3) is 0.857. The number of carbonyl (C=O) groups is 2. The van der Waals surface area contributed by atoms with Crippen molar-refractivity contribution in [1.82, 2.24) is 15.5 Å². The molecule has 0 aromatic carbocycles. The topological polar surface area (TPSA) is 79.9 Å². The largest absolute Gasteiger partial charge is 0.383 e. The van der Waals surface area contributed by atoms with Gasteiger partial charge in [-0.25, -0.2) is 0 Å². The Morgan fingerprint density at radius 3 is 2.57 bits per heavy atom. The molecule has 0 radical (unpaired) electrons. The molecule has 7 heteroatoms. The van der Waals surface area contributed by atoms with Gasteiger partial charge in [-0.2, -0.15) is 0 Å². The van der Waals surface area contributed by atoms with Gasteiger partial charge in [-0.1, -0.05) is 0 Å². The van der Waals surface area contributed by atoms with Crippen molar-refractivity contribution in [3.8, 4) is 0 Å². The SMILES string of the molecule is COCCN(CCOC)CC(=O)N[C@H]1CCCCNC1=O. The number of rotatable bonds is 9. The minimum absolute atomic E-state index is 0.0822. The van der Waals surface area contributed by atoms with E-state index >= 15 is 0 Å². The van der Waals surface area contributed by atoms with E-state index in [4.69, 9.17) is 9.47 Å². The van der Waals surface area contributed by atoms with Crippen LogP contribution in [0.2, 0.25) is 0 Å². The van der Waals surface area contributed by atoms with Crippen molar-refractivity contribution < 1.29 is 19.1 Å². The first-order valence-electron chi connectivity index (χ1n) is 7.44. The lowest BCUT2D eigenvalue weighted by Crippen LogP contribution is -2.49. The maximum Gasteiger partial charge on any atom is 0.242 e. The third-order valence-corrected chi connectivity index (χ3v) is 3.46. The maximum absolute atomic E-state index is 12.1. The molecule has 0 saturated carbocycles. The van der Waals surface area contributed by atoms with Crippen LogP contribution in [-0.2, 0) is 19.1 Å². The van der Waals surface area contributed by atoms with E-state index < -0.39 is 6.04 Å². The molecule has 2 N–H and O–H groups in total. The third-order valence-electron chi connectivity index (χ3n) is 3.46. The van der Waals surface area contributed by atoms with Crippen LogP contribution < -0.4 is 10.6 Å². The molecule has 1 heterocycles. The number of ether oxygens (including phenoxy) is 2. The van der Waals surface area contributed by atoms with Gasteiger partial charge in [0.2, 0.25) is 11.8 Å². The van der Waals surface area contributed by atoms with Crippen LogP contribution >= 0.6 is 0 Å². The monoisotopic (exact) mass is 301 g/mol. The minimum atomic E-state index is -0.410. The summed E-state index contributed by atoms with van der Waals surface area (Å²) in [5.74, 6) is -0.217. The molecule has 1 aliphatic rings. The minimum Gasteiger partial charge on any atom is -0.383 e. The van der Waals surface area contributed by atoms with Gasteiger partial charge in [-0.3, -0.25) is 14.5 Å². The molecule has 1 atom stereocenters. The van der Waals surface area contributed by atoms with Crippen molar-refractivity contribution in [2.75, 3.05) is 53.6 Å². The van der Waals surface area contributed by atoms with Crippen molar-refractivity contribution >= 4 is 11.8 Å². The smallest absolute Gasteiger partial charge is 0.242 e. The van der Waals surface area contributed by atoms with Crippen LogP contribution in [0.15, 0.2) is 0 Å². The zero-order valence-corrected chi connectivity index (χ0v) is 13.0. The molecule has 1 rings (SSSR count). The summed E-state index contributed by atoms with van der Waals surface area (Å²) in [4.78, 5) is 25.8. The van der Waals surface area contributed by atoms with Gasteiger partial charge in [0.05, 0.1) is 19.8 Å². The van der Waals surface area contributed by atoms with Crippen LogP contribution in [0.25, 0.3) is 0 Å². The second-order valence-electron chi connectivity index (χ2n) is 5.17. The molecule has 0 aliphatic carbocycles. The van der Waals surface area contributed by atoms with Gasteiger partial charge in [0.15, 0.2) is 0 Å². The van der Waals surface area contributed by atoms with Crippen molar-refractivity contribution in [3.05, 3.63) is 0 Å². The number of nitrogens with zero attached hydrogens (tertiary/aromatic N) is 1. The first-order chi connectivity index (χ1) is 10.2. The van der Waals surface area contributed by atoms with Gasteiger partial charge in [-0.05, 0) is 19.3 Å². The maximum atomic E-state index is 12.1. The highest BCUT2D eigenvalue weighted by Crippen LogP contribution is 2.05. The summed E-state index contributed by atoms with van der Waals surface area (Å²) < 4.78 is 10.1. The van der Waals surface area contributed by atoms with Gasteiger partial charge in [0.1, 0.15) is 6.04 Å². The number of nitrogens with one attached hydrogen (secondary N) is 2. The average Bonchev–Trinajstić information content (AvgIpc) is 2.67. The van der Waals surface area contributed by atoms with Crippen LogP contribution in [0.3, 0.4) is 0 Å². The summed E-state index contributed by atoms with van der Waals surface area (Å²) in [6.07, 6.45) is 2.61. The Balaban J connectivity index is 2.41. The lowest BCUT2D eigenvalue weighted by molar-refractivity contribution is -0.129. The van der Waals surface area contributed by atoms with E-state index in [0.717, 1.165) is 12.8 Å². The molecule has 0 spiro atoms. The molecular formula is C14H27N3O4. The Bertz CT molecular complexity index is 317. The molecule has 0 aromatic rings. The summed E-state index contributed by atoms with van der Waals surface area (Å²) in [6, 6.07) is -0.410. The quantitative estimate of drug-likeness (QED) is 0.592. The normalized spacial score (nSPS) is 19.2. The van der Waals surface area contributed by atoms with Crippen molar-refractivity contribution in [2.24, 2.45) is 0 Å². The molecule has 1 saturated heterocycles. The zero-order valence-electron chi connectivity index (χ0n) is 13.0. The Labute approximate surface area is 126 Å². The second-order valence-corrected chi connectivity index (χ2v) is 5.17. The van der Waals surface area contributed by atoms with Crippen LogP contribution in [0.1, 0.15) is 19.3 Å². The lowest BCUT2D eigenvalue weighted by Gasteiger charge is -2.22. The van der Waals surface area contributed by atoms with E-state index in [1.54, 1.807) is 14.2 Å². The highest BCUT2D eigenvalue weighted by Gasteiger charge is 2.23. The number of carbonyl (C=O) groups excluding carboxylic acids is 2. The first-order valence-corrected chi connectivity index (χ1v) is 7.44. The number of amides is 2. The molecule has 1 aliphatic heterocycles. The van der Waals surface area contributed by atoms with Crippen molar-refractivity contribution in [3.63, 3.8) is 0 Å². The third kappa shape index (κ3) is 7.40. The predicted octanol–water partition coefficient (Wildman–Crippen LogP) is -0.634. The molecule has 0 bridgehead atoms. The molecule has 0 unspecified atom stereocenters. The van der Waals surface area contributed by atoms with Crippen LogP contribution in [-0.4, -0.2) is 76.4 Å². The standard InChI is InChI=1S/C14H27N3O4/c1-20-9-7-17(8-10-21-2)11-13(18)16-12-5-3-4-6-15-14(12)19/h12H,3-11H2,1-2H3,(H,15,19)(H,16,18)/t12-/m0/s1. The van der Waals surface area contributed by atoms with Crippen LogP contribution in [0.5, 0.6) is 0 Å². The molecule has 1 fully saturated rings. The summed E-state index contributed by atoms with van der Waals surface area (Å²) in [7, 11) is 3.26. The van der Waals surface area contributed by atoms with Gasteiger partial charge >= 0.3 is 0 Å². The number of methoxy groups -OCH3 is 2. The van der Waals surface area contributed by atoms with Crippen LogP contribution in [0, 0.1) is 0 Å². The van der Waals surface area contributed by atoms with Gasteiger partial charge in [0, 0.05) is 33.9 Å². The molecule has 21 heavy (non-hydrogen) atoms. The van der Waals surface area contributed by atoms with E-state index in [2.05, 4.69) is 10.6 Å². The molecule has 7 nitrogen and oxygen atoms in total. The zero-order chi connectivity index (χ0) is 15.5. The summed E-state index contributed by atoms with van der Waals surface area (Å²) in [5, 5.41) is 5.63. The molecule has 2 amide bonds. The van der Waals surface area contributed by atoms with Crippen LogP contribution in [0.4, 0.5) is 0 Å². The molecule has 0 aromatic heterocycles. The van der Waals surface area contributed by atoms with E-state index in [0.29, 0.717) is 39.3 Å². The fourth-order valence-corrected chi connectivity index (χ4v) is 2.23. The number of hydrogen-bond donors (Lipinski definition) is 2. The Hall–Kier alpha value is -1.18. The van der Waals surface area contributed by atoms with Crippen molar-refractivity contribution in [1.29, 1.82) is 0 Å². The van der Waals surface area contributed by atoms with E-state index in [1.807, 2.05) is 4.90 Å². The average molecular weight is 301 g/mol. The predicted molar refractivity (Wildman–Crippen MR) is 79.0 cm³/mol. The molecule has 122 valence electrons. The summed E-state index contributed by atoms with van der Waals surface area (Å²) in [6.45, 7) is 3.37. The fourth-order valence-electron chi connectivity index (χ4n) is 2.23. The second kappa shape index (κ2) is 10.5. The van der Waals surface area contributed by atoms with E-state index in [-0.39, 0.29) is 18.4 Å². The Morgan fingerprint density at radius 2 is 1.95 bits per heavy atom. The summed E-state index contributed by atoms with van der Waals surface area (Å²) in [5.41, 5.74) is 0. The Morgan fingerprint density at radius 1 is 1.29 bits per heavy atom. The number of hydrogen-bond acceptors (Lipinski definition) is 5. The van der Waals surface area contributed by atoms with Gasteiger partial charge in [0.25, 0.3) is 0 Å². The first kappa shape index (κ1) is 17.9. The highest BCUT2D eigenvalue weighted by atomic mass is 16.5. The van der Waals surface area contributed by atoms with Gasteiger partial charge < -0.3 is 20.1 Å². The Kier molecular flexibility index (Phi) is 8.96. The van der Waals surface area contributed by atoms with Crippen molar-refractivity contribution in [2.45, 2.75) is 25.3 Å². The van der Waals surface area contributed by atoms with Gasteiger partial charge in [-0.15, -0.1) is 0 Å². The summed E-state index contributed by atoms with van der Waals surface area (Å²) >= 11 is 0. The van der Waals surface area contributed by atoms with E-state index in [9.17, 15) is 9.59 Å². The van der Waals surface area contributed by atoms with E-state index in [1.165, 1.54) is 0 Å². The highest BCUT2D eigenvalue weighted by molar-refractivity contribution is 5.88. The molecular weight excluding hydrogens is 274 g/mol.